The molecule has 0 spiro atoms. The van der Waals surface area contributed by atoms with E-state index < -0.39 is 12.0 Å². The van der Waals surface area contributed by atoms with Gasteiger partial charge in [-0.05, 0) is 49.4 Å². The van der Waals surface area contributed by atoms with Crippen molar-refractivity contribution in [2.75, 3.05) is 27.4 Å². The average molecular weight is 565 g/mol. The van der Waals surface area contributed by atoms with Crippen molar-refractivity contribution in [3.8, 4) is 17.1 Å². The molecule has 0 bridgehead atoms. The number of furan rings is 1. The van der Waals surface area contributed by atoms with Crippen LogP contribution in [0.1, 0.15) is 24.3 Å². The highest BCUT2D eigenvalue weighted by atomic mass is 35.5. The molecule has 0 radical (unpaired) electrons. The van der Waals surface area contributed by atoms with Crippen LogP contribution < -0.4 is 19.6 Å². The summed E-state index contributed by atoms with van der Waals surface area (Å²) in [7, 11) is 3.07. The van der Waals surface area contributed by atoms with Gasteiger partial charge in [0.1, 0.15) is 29.9 Å². The average Bonchev–Trinajstić information content (AvgIpc) is 3.52. The molecule has 1 atom stereocenters. The summed E-state index contributed by atoms with van der Waals surface area (Å²) < 4.78 is 24.0. The molecule has 0 saturated carbocycles. The van der Waals surface area contributed by atoms with Gasteiger partial charge in [-0.15, -0.1) is 0 Å². The van der Waals surface area contributed by atoms with E-state index in [2.05, 4.69) is 4.99 Å². The van der Waals surface area contributed by atoms with E-state index >= 15 is 0 Å². The second kappa shape index (κ2) is 11.4. The molecule has 1 unspecified atom stereocenters. The topological polar surface area (TPSA) is 92.3 Å². The zero-order chi connectivity index (χ0) is 27.5. The maximum Gasteiger partial charge on any atom is 0.338 e. The monoisotopic (exact) mass is 564 g/mol. The Labute approximate surface area is 233 Å². The number of carbonyl (C=O) groups excluding carboxylic acids is 1. The molecule has 0 saturated heterocycles. The van der Waals surface area contributed by atoms with Crippen LogP contribution in [0, 0.1) is 0 Å². The van der Waals surface area contributed by atoms with E-state index in [1.165, 1.54) is 23.0 Å². The van der Waals surface area contributed by atoms with Crippen LogP contribution in [0.4, 0.5) is 0 Å². The number of rotatable bonds is 8. The number of thiazole rings is 1. The molecule has 0 fully saturated rings. The summed E-state index contributed by atoms with van der Waals surface area (Å²) in [6, 6.07) is 17.4. The Balaban J connectivity index is 1.62. The van der Waals surface area contributed by atoms with Crippen LogP contribution in [0.3, 0.4) is 0 Å². The van der Waals surface area contributed by atoms with Gasteiger partial charge in [0.15, 0.2) is 4.80 Å². The van der Waals surface area contributed by atoms with E-state index in [4.69, 9.17) is 30.2 Å². The molecule has 5 rings (SSSR count). The molecule has 200 valence electrons. The minimum absolute atomic E-state index is 0.0730. The number of ether oxygens (including phenoxy) is 3. The van der Waals surface area contributed by atoms with Crippen molar-refractivity contribution in [2.45, 2.75) is 13.0 Å². The summed E-state index contributed by atoms with van der Waals surface area (Å²) in [5, 5.41) is 0.633. The molecule has 0 amide bonds. The second-order valence-corrected chi connectivity index (χ2v) is 10.1. The molecule has 2 aromatic carbocycles. The van der Waals surface area contributed by atoms with Gasteiger partial charge >= 0.3 is 5.97 Å². The summed E-state index contributed by atoms with van der Waals surface area (Å²) in [4.78, 5) is 32.2. The van der Waals surface area contributed by atoms with Crippen LogP contribution in [-0.4, -0.2) is 38.0 Å². The minimum atomic E-state index is -0.796. The van der Waals surface area contributed by atoms with Crippen LogP contribution in [-0.2, 0) is 14.3 Å². The van der Waals surface area contributed by atoms with Crippen LogP contribution in [0.25, 0.3) is 17.4 Å². The number of halogens is 1. The van der Waals surface area contributed by atoms with Crippen LogP contribution in [0.2, 0.25) is 5.02 Å². The molecule has 1 aliphatic heterocycles. The highest BCUT2D eigenvalue weighted by Crippen LogP contribution is 2.35. The number of benzene rings is 2. The number of carbonyl (C=O) groups is 1. The van der Waals surface area contributed by atoms with E-state index in [9.17, 15) is 9.59 Å². The van der Waals surface area contributed by atoms with Crippen molar-refractivity contribution in [1.82, 2.24) is 4.57 Å². The van der Waals surface area contributed by atoms with Gasteiger partial charge < -0.3 is 18.6 Å². The van der Waals surface area contributed by atoms with Crippen molar-refractivity contribution in [2.24, 2.45) is 4.99 Å². The van der Waals surface area contributed by atoms with E-state index in [0.29, 0.717) is 42.9 Å². The van der Waals surface area contributed by atoms with Crippen LogP contribution in [0.15, 0.2) is 86.1 Å². The van der Waals surface area contributed by atoms with Gasteiger partial charge in [-0.2, -0.15) is 0 Å². The van der Waals surface area contributed by atoms with Crippen molar-refractivity contribution in [1.29, 1.82) is 0 Å². The van der Waals surface area contributed by atoms with E-state index in [-0.39, 0.29) is 24.3 Å². The third kappa shape index (κ3) is 5.34. The Morgan fingerprint density at radius 3 is 2.62 bits per heavy atom. The first-order valence-electron chi connectivity index (χ1n) is 12.1. The molecule has 0 aliphatic carbocycles. The number of nitrogens with zero attached hydrogens (tertiary/aromatic N) is 2. The van der Waals surface area contributed by atoms with E-state index in [0.717, 1.165) is 5.56 Å². The lowest BCUT2D eigenvalue weighted by Gasteiger charge is -2.26. The van der Waals surface area contributed by atoms with Gasteiger partial charge in [0.2, 0.25) is 0 Å². The smallest absolute Gasteiger partial charge is 0.338 e. The van der Waals surface area contributed by atoms with Gasteiger partial charge in [-0.3, -0.25) is 9.36 Å². The lowest BCUT2D eigenvalue weighted by molar-refractivity contribution is -0.140. The molecule has 0 N–H and O–H groups in total. The zero-order valence-electron chi connectivity index (χ0n) is 21.5. The van der Waals surface area contributed by atoms with Crippen molar-refractivity contribution < 1.29 is 23.4 Å². The number of para-hydroxylation sites is 1. The summed E-state index contributed by atoms with van der Waals surface area (Å²) in [6.45, 7) is 2.05. The van der Waals surface area contributed by atoms with Crippen molar-refractivity contribution in [3.63, 3.8) is 0 Å². The molecule has 4 aromatic rings. The van der Waals surface area contributed by atoms with Gasteiger partial charge in [-0.1, -0.05) is 41.1 Å². The summed E-state index contributed by atoms with van der Waals surface area (Å²) in [5.41, 5.74) is 1.92. The van der Waals surface area contributed by atoms with Gasteiger partial charge in [0.05, 0.1) is 29.5 Å². The van der Waals surface area contributed by atoms with E-state index in [1.54, 1.807) is 44.4 Å². The number of allylic oxidation sites excluding steroid dienone is 1. The fraction of sp³-hybridized carbons (Fsp3) is 0.207. The standard InChI is InChI=1S/C29H25ClN2O6S/c1-17-25(28(34)37-15-14-35-2)26(21-6-4-5-7-23(21)36-3)32-27(33)24(39-29(32)31-17)16-20-12-13-22(38-20)18-8-10-19(30)11-9-18/h4-13,16,26H,14-15H2,1-3H3. The molecular weight excluding hydrogens is 540 g/mol. The Hall–Kier alpha value is -3.92. The molecule has 10 heteroatoms. The summed E-state index contributed by atoms with van der Waals surface area (Å²) in [6.07, 6.45) is 1.68. The second-order valence-electron chi connectivity index (χ2n) is 8.66. The molecule has 3 heterocycles. The SMILES string of the molecule is COCCOC(=O)C1=C(C)N=c2sc(=Cc3ccc(-c4ccc(Cl)cc4)o3)c(=O)n2C1c1ccccc1OC. The van der Waals surface area contributed by atoms with Gasteiger partial charge in [-0.25, -0.2) is 9.79 Å². The Kier molecular flexibility index (Phi) is 7.83. The van der Waals surface area contributed by atoms with Gasteiger partial charge in [0.25, 0.3) is 5.56 Å². The van der Waals surface area contributed by atoms with Gasteiger partial charge in [0, 0.05) is 29.3 Å². The number of hydrogen-bond acceptors (Lipinski definition) is 8. The summed E-state index contributed by atoms with van der Waals surface area (Å²) >= 11 is 7.22. The predicted molar refractivity (Wildman–Crippen MR) is 149 cm³/mol. The highest BCUT2D eigenvalue weighted by Gasteiger charge is 2.35. The quantitative estimate of drug-likeness (QED) is 0.233. The zero-order valence-corrected chi connectivity index (χ0v) is 23.0. The molecule has 8 nitrogen and oxygen atoms in total. The molecule has 2 aromatic heterocycles. The third-order valence-electron chi connectivity index (χ3n) is 6.22. The maximum atomic E-state index is 13.8. The summed E-state index contributed by atoms with van der Waals surface area (Å²) in [5.74, 6) is 1.12. The Morgan fingerprint density at radius 1 is 1.10 bits per heavy atom. The first-order chi connectivity index (χ1) is 18.9. The minimum Gasteiger partial charge on any atom is -0.496 e. The number of methoxy groups -OCH3 is 2. The van der Waals surface area contributed by atoms with Crippen LogP contribution >= 0.6 is 22.9 Å². The fourth-order valence-electron chi connectivity index (χ4n) is 4.39. The Morgan fingerprint density at radius 2 is 1.87 bits per heavy atom. The lowest BCUT2D eigenvalue weighted by Crippen LogP contribution is -2.40. The molecule has 39 heavy (non-hydrogen) atoms. The number of esters is 1. The largest absolute Gasteiger partial charge is 0.496 e. The van der Waals surface area contributed by atoms with Crippen molar-refractivity contribution in [3.05, 3.63) is 108 Å². The van der Waals surface area contributed by atoms with Crippen molar-refractivity contribution >= 4 is 35.0 Å². The third-order valence-corrected chi connectivity index (χ3v) is 7.46. The first kappa shape index (κ1) is 26.7. The molecular formula is C29H25ClN2O6S. The number of aromatic nitrogens is 1. The van der Waals surface area contributed by atoms with Crippen LogP contribution in [0.5, 0.6) is 5.75 Å². The predicted octanol–water partition coefficient (Wildman–Crippen LogP) is 4.35. The lowest BCUT2D eigenvalue weighted by atomic mass is 9.95. The Bertz CT molecular complexity index is 1730. The highest BCUT2D eigenvalue weighted by molar-refractivity contribution is 7.07. The first-order valence-corrected chi connectivity index (χ1v) is 13.3. The maximum absolute atomic E-state index is 13.8. The number of hydrogen-bond donors (Lipinski definition) is 0. The fourth-order valence-corrected chi connectivity index (χ4v) is 5.55. The molecule has 1 aliphatic rings. The normalized spacial score (nSPS) is 15.2. The number of fused-ring (bicyclic) bond motifs is 1. The van der Waals surface area contributed by atoms with E-state index in [1.807, 2.05) is 36.4 Å².